The van der Waals surface area contributed by atoms with Gasteiger partial charge in [0.05, 0.1) is 0 Å². The molecule has 13 heavy (non-hydrogen) atoms. The molecule has 0 saturated heterocycles. The van der Waals surface area contributed by atoms with Crippen molar-refractivity contribution in [2.45, 2.75) is 24.9 Å². The summed E-state index contributed by atoms with van der Waals surface area (Å²) in [6.07, 6.45) is 4.00. The molecule has 72 valence electrons. The maximum Gasteiger partial charge on any atom is 0.187 e. The van der Waals surface area contributed by atoms with Crippen molar-refractivity contribution in [2.75, 3.05) is 11.6 Å². The summed E-state index contributed by atoms with van der Waals surface area (Å²) in [6.45, 7) is 1.98. The van der Waals surface area contributed by atoms with E-state index in [0.29, 0.717) is 0 Å². The summed E-state index contributed by atoms with van der Waals surface area (Å²) in [5, 5.41) is 0.870. The van der Waals surface area contributed by atoms with Crippen molar-refractivity contribution in [3.05, 3.63) is 18.0 Å². The topological polar surface area (TPSA) is 25.8 Å². The van der Waals surface area contributed by atoms with E-state index in [1.165, 1.54) is 0 Å². The van der Waals surface area contributed by atoms with Gasteiger partial charge in [0.25, 0.3) is 0 Å². The molecule has 0 N–H and O–H groups in total. The fourth-order valence-corrected chi connectivity index (χ4v) is 1.92. The second-order valence-corrected chi connectivity index (χ2v) is 4.17. The molecule has 0 fully saturated rings. The fraction of sp³-hybridized carbons (Fsp3) is 0.556. The first-order valence-electron chi connectivity index (χ1n) is 4.31. The van der Waals surface area contributed by atoms with Gasteiger partial charge in [0.1, 0.15) is 0 Å². The van der Waals surface area contributed by atoms with E-state index in [2.05, 4.69) is 9.97 Å². The third-order valence-corrected chi connectivity index (χ3v) is 2.75. The van der Waals surface area contributed by atoms with Crippen LogP contribution in [0, 0.1) is 6.92 Å². The Kier molecular flexibility index (Phi) is 5.16. The summed E-state index contributed by atoms with van der Waals surface area (Å²) < 4.78 is 0. The third-order valence-electron chi connectivity index (χ3n) is 1.53. The van der Waals surface area contributed by atoms with E-state index < -0.39 is 0 Å². The lowest BCUT2D eigenvalue weighted by atomic mass is 10.4. The van der Waals surface area contributed by atoms with E-state index in [9.17, 15) is 0 Å². The molecule has 0 atom stereocenters. The van der Waals surface area contributed by atoms with E-state index in [0.717, 1.165) is 35.3 Å². The summed E-state index contributed by atoms with van der Waals surface area (Å²) >= 11 is 7.26. The molecule has 0 amide bonds. The van der Waals surface area contributed by atoms with E-state index in [1.54, 1.807) is 18.0 Å². The Morgan fingerprint density at radius 2 is 2.31 bits per heavy atom. The Hall–Kier alpha value is -0.280. The first kappa shape index (κ1) is 10.8. The van der Waals surface area contributed by atoms with Gasteiger partial charge in [0.15, 0.2) is 5.16 Å². The van der Waals surface area contributed by atoms with Gasteiger partial charge < -0.3 is 0 Å². The van der Waals surface area contributed by atoms with Crippen LogP contribution >= 0.6 is 23.4 Å². The Labute approximate surface area is 88.1 Å². The number of alkyl halides is 1. The molecule has 0 aliphatic heterocycles. The standard InChI is InChI=1S/C9H13ClN2S/c1-8-4-6-11-9(12-8)13-7-3-2-5-10/h4,6H,2-3,5,7H2,1H3. The molecule has 0 spiro atoms. The maximum atomic E-state index is 5.57. The van der Waals surface area contributed by atoms with Crippen molar-refractivity contribution >= 4 is 23.4 Å². The molecule has 2 nitrogen and oxygen atoms in total. The van der Waals surface area contributed by atoms with Crippen LogP contribution < -0.4 is 0 Å². The van der Waals surface area contributed by atoms with Gasteiger partial charge in [-0.3, -0.25) is 0 Å². The highest BCUT2D eigenvalue weighted by Gasteiger charge is 1.96. The van der Waals surface area contributed by atoms with Crippen molar-refractivity contribution in [3.8, 4) is 0 Å². The van der Waals surface area contributed by atoms with Gasteiger partial charge in [0, 0.05) is 23.5 Å². The molecule has 0 radical (unpaired) electrons. The Balaban J connectivity index is 2.28. The smallest absolute Gasteiger partial charge is 0.187 e. The molecule has 4 heteroatoms. The minimum absolute atomic E-state index is 0.745. The van der Waals surface area contributed by atoms with Crippen molar-refractivity contribution < 1.29 is 0 Å². The lowest BCUT2D eigenvalue weighted by Crippen LogP contribution is -1.90. The largest absolute Gasteiger partial charge is 0.231 e. The van der Waals surface area contributed by atoms with E-state index in [1.807, 2.05) is 13.0 Å². The quantitative estimate of drug-likeness (QED) is 0.328. The van der Waals surface area contributed by atoms with E-state index >= 15 is 0 Å². The van der Waals surface area contributed by atoms with Crippen molar-refractivity contribution in [2.24, 2.45) is 0 Å². The number of hydrogen-bond acceptors (Lipinski definition) is 3. The number of halogens is 1. The number of aryl methyl sites for hydroxylation is 1. The molecule has 1 rings (SSSR count). The number of thioether (sulfide) groups is 1. The Morgan fingerprint density at radius 3 is 3.00 bits per heavy atom. The van der Waals surface area contributed by atoms with Crippen LogP contribution in [-0.2, 0) is 0 Å². The van der Waals surface area contributed by atoms with E-state index in [-0.39, 0.29) is 0 Å². The summed E-state index contributed by atoms with van der Waals surface area (Å²) in [7, 11) is 0. The van der Waals surface area contributed by atoms with Gasteiger partial charge >= 0.3 is 0 Å². The highest BCUT2D eigenvalue weighted by Crippen LogP contribution is 2.14. The zero-order valence-corrected chi connectivity index (χ0v) is 9.24. The summed E-state index contributed by atoms with van der Waals surface area (Å²) in [5.74, 6) is 1.80. The second-order valence-electron chi connectivity index (χ2n) is 2.73. The maximum absolute atomic E-state index is 5.57. The zero-order chi connectivity index (χ0) is 9.52. The number of rotatable bonds is 5. The Morgan fingerprint density at radius 1 is 1.46 bits per heavy atom. The highest BCUT2D eigenvalue weighted by molar-refractivity contribution is 7.99. The lowest BCUT2D eigenvalue weighted by molar-refractivity contribution is 0.888. The molecule has 0 bridgehead atoms. The zero-order valence-electron chi connectivity index (χ0n) is 7.66. The average molecular weight is 217 g/mol. The SMILES string of the molecule is Cc1ccnc(SCCCCCl)n1. The monoisotopic (exact) mass is 216 g/mol. The normalized spacial score (nSPS) is 10.3. The summed E-state index contributed by atoms with van der Waals surface area (Å²) in [6, 6.07) is 1.91. The number of aromatic nitrogens is 2. The minimum Gasteiger partial charge on any atom is -0.231 e. The molecule has 0 saturated carbocycles. The van der Waals surface area contributed by atoms with Crippen LogP contribution in [0.25, 0.3) is 0 Å². The highest BCUT2D eigenvalue weighted by atomic mass is 35.5. The van der Waals surface area contributed by atoms with E-state index in [4.69, 9.17) is 11.6 Å². The fourth-order valence-electron chi connectivity index (χ4n) is 0.855. The molecule has 0 aliphatic rings. The van der Waals surface area contributed by atoms with Gasteiger partial charge in [-0.15, -0.1) is 11.6 Å². The number of nitrogens with zero attached hydrogens (tertiary/aromatic N) is 2. The van der Waals surface area contributed by atoms with Gasteiger partial charge in [-0.25, -0.2) is 9.97 Å². The predicted molar refractivity (Wildman–Crippen MR) is 57.4 cm³/mol. The number of hydrogen-bond donors (Lipinski definition) is 0. The van der Waals surface area contributed by atoms with Crippen LogP contribution in [0.1, 0.15) is 18.5 Å². The first-order valence-corrected chi connectivity index (χ1v) is 5.83. The molecule has 0 aromatic carbocycles. The van der Waals surface area contributed by atoms with Crippen LogP contribution in [0.3, 0.4) is 0 Å². The van der Waals surface area contributed by atoms with Crippen molar-refractivity contribution in [1.29, 1.82) is 0 Å². The van der Waals surface area contributed by atoms with Gasteiger partial charge in [-0.05, 0) is 25.8 Å². The van der Waals surface area contributed by atoms with Crippen molar-refractivity contribution in [3.63, 3.8) is 0 Å². The van der Waals surface area contributed by atoms with Crippen LogP contribution in [0.2, 0.25) is 0 Å². The average Bonchev–Trinajstić information content (AvgIpc) is 2.13. The van der Waals surface area contributed by atoms with Crippen LogP contribution in [0.4, 0.5) is 0 Å². The van der Waals surface area contributed by atoms with Gasteiger partial charge in [-0.1, -0.05) is 11.8 Å². The molecule has 0 aliphatic carbocycles. The van der Waals surface area contributed by atoms with Gasteiger partial charge in [0.2, 0.25) is 0 Å². The minimum atomic E-state index is 0.745. The number of unbranched alkanes of at least 4 members (excludes halogenated alkanes) is 1. The van der Waals surface area contributed by atoms with Crippen LogP contribution in [0.5, 0.6) is 0 Å². The lowest BCUT2D eigenvalue weighted by Gasteiger charge is -1.99. The molecule has 1 aromatic rings. The molecule has 1 heterocycles. The molecular weight excluding hydrogens is 204 g/mol. The second kappa shape index (κ2) is 6.22. The van der Waals surface area contributed by atoms with Gasteiger partial charge in [-0.2, -0.15) is 0 Å². The molecule has 1 aromatic heterocycles. The summed E-state index contributed by atoms with van der Waals surface area (Å²) in [5.41, 5.74) is 1.02. The predicted octanol–water partition coefficient (Wildman–Crippen LogP) is 2.90. The molecular formula is C9H13ClN2S. The summed E-state index contributed by atoms with van der Waals surface area (Å²) in [4.78, 5) is 8.45. The third kappa shape index (κ3) is 4.48. The van der Waals surface area contributed by atoms with Crippen LogP contribution in [-0.4, -0.2) is 21.6 Å². The Bertz CT molecular complexity index is 255. The first-order chi connectivity index (χ1) is 6.33. The molecule has 0 unspecified atom stereocenters. The van der Waals surface area contributed by atoms with Crippen molar-refractivity contribution in [1.82, 2.24) is 9.97 Å². The van der Waals surface area contributed by atoms with Crippen LogP contribution in [0.15, 0.2) is 17.4 Å².